The normalized spacial score (nSPS) is 11.5. The van der Waals surface area contributed by atoms with Crippen LogP contribution in [-0.2, 0) is 19.4 Å². The second-order valence-electron chi connectivity index (χ2n) is 7.72. The molecule has 33 heavy (non-hydrogen) atoms. The van der Waals surface area contributed by atoms with E-state index < -0.39 is 0 Å². The number of hydrogen-bond donors (Lipinski definition) is 3. The van der Waals surface area contributed by atoms with Crippen LogP contribution in [0.2, 0.25) is 0 Å². The van der Waals surface area contributed by atoms with Crippen molar-refractivity contribution in [3.63, 3.8) is 0 Å². The summed E-state index contributed by atoms with van der Waals surface area (Å²) in [5, 5.41) is 7.56. The maximum atomic E-state index is 13.8. The van der Waals surface area contributed by atoms with Crippen LogP contribution in [0.25, 0.3) is 21.4 Å². The molecule has 5 rings (SSSR count). The van der Waals surface area contributed by atoms with E-state index in [2.05, 4.69) is 54.6 Å². The summed E-state index contributed by atoms with van der Waals surface area (Å²) in [4.78, 5) is 26.2. The van der Waals surface area contributed by atoms with Crippen LogP contribution in [0, 0.1) is 12.7 Å². The molecule has 0 bridgehead atoms. The molecule has 0 saturated carbocycles. The number of nitrogens with one attached hydrogen (secondary N) is 3. The van der Waals surface area contributed by atoms with Gasteiger partial charge in [0.1, 0.15) is 28.3 Å². The molecule has 0 aliphatic carbocycles. The summed E-state index contributed by atoms with van der Waals surface area (Å²) in [5.41, 5.74) is 4.34. The highest BCUT2D eigenvalue weighted by atomic mass is 32.1. The molecule has 0 atom stereocenters. The lowest BCUT2D eigenvalue weighted by Gasteiger charge is -2.05. The van der Waals surface area contributed by atoms with Gasteiger partial charge in [-0.15, -0.1) is 0 Å². The number of aromatic nitrogens is 6. The fourth-order valence-corrected chi connectivity index (χ4v) is 4.47. The fraction of sp³-hybridized carbons (Fsp3) is 0.261. The van der Waals surface area contributed by atoms with Crippen molar-refractivity contribution < 1.29 is 4.39 Å². The van der Waals surface area contributed by atoms with Gasteiger partial charge in [-0.2, -0.15) is 0 Å². The van der Waals surface area contributed by atoms with Crippen molar-refractivity contribution in [1.29, 1.82) is 0 Å². The van der Waals surface area contributed by atoms with Crippen molar-refractivity contribution in [2.75, 3.05) is 18.4 Å². The second kappa shape index (κ2) is 9.55. The van der Waals surface area contributed by atoms with E-state index >= 15 is 0 Å². The van der Waals surface area contributed by atoms with Crippen LogP contribution in [0.15, 0.2) is 42.9 Å². The number of nitrogens with zero attached hydrogens (tertiary/aromatic N) is 5. The number of anilines is 1. The highest BCUT2D eigenvalue weighted by Gasteiger charge is 2.12. The molecule has 0 radical (unpaired) electrons. The third-order valence-corrected chi connectivity index (χ3v) is 6.26. The van der Waals surface area contributed by atoms with Gasteiger partial charge in [0.2, 0.25) is 0 Å². The van der Waals surface area contributed by atoms with Gasteiger partial charge in [-0.25, -0.2) is 24.3 Å². The summed E-state index contributed by atoms with van der Waals surface area (Å²) in [7, 11) is 0. The zero-order valence-corrected chi connectivity index (χ0v) is 18.9. The van der Waals surface area contributed by atoms with Gasteiger partial charge < -0.3 is 15.6 Å². The number of imidazole rings is 1. The quantitative estimate of drug-likeness (QED) is 0.286. The standard InChI is InChI=1S/C23H23FN8S/c1-14-4-5-16-17(11-14)31-19(30-16)6-9-25-10-7-20-32-21-22(28-13-29-23(21)33-20)27-12-18-15(24)3-2-8-26-18/h2-5,8,11,13,25H,6-7,9-10,12H2,1H3,(H,30,31)(H,27,28,29). The fourth-order valence-electron chi connectivity index (χ4n) is 3.57. The lowest BCUT2D eigenvalue weighted by Crippen LogP contribution is -2.20. The summed E-state index contributed by atoms with van der Waals surface area (Å²) in [6, 6.07) is 9.20. The maximum absolute atomic E-state index is 13.8. The molecule has 0 aliphatic heterocycles. The minimum absolute atomic E-state index is 0.231. The van der Waals surface area contributed by atoms with E-state index in [1.54, 1.807) is 23.6 Å². The smallest absolute Gasteiger partial charge is 0.157 e. The first-order chi connectivity index (χ1) is 16.2. The third-order valence-electron chi connectivity index (χ3n) is 5.24. The van der Waals surface area contributed by atoms with Crippen molar-refractivity contribution >= 4 is 38.5 Å². The van der Waals surface area contributed by atoms with Crippen molar-refractivity contribution in [3.05, 3.63) is 70.8 Å². The Morgan fingerprint density at radius 1 is 1.06 bits per heavy atom. The van der Waals surface area contributed by atoms with Gasteiger partial charge in [0.25, 0.3) is 0 Å². The number of fused-ring (bicyclic) bond motifs is 2. The van der Waals surface area contributed by atoms with Crippen molar-refractivity contribution in [3.8, 4) is 0 Å². The first-order valence-corrected chi connectivity index (χ1v) is 11.6. The van der Waals surface area contributed by atoms with E-state index in [-0.39, 0.29) is 12.4 Å². The average molecular weight is 463 g/mol. The molecule has 1 aromatic carbocycles. The van der Waals surface area contributed by atoms with Crippen LogP contribution in [-0.4, -0.2) is 43.0 Å². The van der Waals surface area contributed by atoms with Crippen LogP contribution in [0.4, 0.5) is 10.2 Å². The van der Waals surface area contributed by atoms with E-state index in [1.165, 1.54) is 18.0 Å². The number of halogens is 1. The molecule has 4 heterocycles. The largest absolute Gasteiger partial charge is 0.362 e. The van der Waals surface area contributed by atoms with E-state index in [1.807, 2.05) is 6.07 Å². The highest BCUT2D eigenvalue weighted by molar-refractivity contribution is 7.18. The van der Waals surface area contributed by atoms with E-state index in [4.69, 9.17) is 4.98 Å². The van der Waals surface area contributed by atoms with Gasteiger partial charge in [-0.05, 0) is 36.8 Å². The number of aryl methyl sites for hydroxylation is 1. The van der Waals surface area contributed by atoms with Crippen molar-refractivity contribution in [2.45, 2.75) is 26.3 Å². The van der Waals surface area contributed by atoms with Gasteiger partial charge in [-0.3, -0.25) is 4.98 Å². The predicted molar refractivity (Wildman–Crippen MR) is 128 cm³/mol. The molecular formula is C23H23FN8S. The number of hydrogen-bond acceptors (Lipinski definition) is 8. The third kappa shape index (κ3) is 4.96. The maximum Gasteiger partial charge on any atom is 0.157 e. The number of thiazole rings is 1. The van der Waals surface area contributed by atoms with E-state index in [0.29, 0.717) is 17.0 Å². The molecule has 168 valence electrons. The minimum atomic E-state index is -0.349. The molecular weight excluding hydrogens is 439 g/mol. The Kier molecular flexibility index (Phi) is 6.18. The van der Waals surface area contributed by atoms with Crippen LogP contribution in [0.5, 0.6) is 0 Å². The summed E-state index contributed by atoms with van der Waals surface area (Å²) < 4.78 is 13.8. The molecule has 0 saturated heterocycles. The number of benzene rings is 1. The molecule has 0 amide bonds. The Hall–Kier alpha value is -3.50. The lowest BCUT2D eigenvalue weighted by atomic mass is 10.2. The van der Waals surface area contributed by atoms with Crippen LogP contribution in [0.1, 0.15) is 22.1 Å². The van der Waals surface area contributed by atoms with Gasteiger partial charge in [0.05, 0.1) is 28.3 Å². The molecule has 5 aromatic rings. The van der Waals surface area contributed by atoms with E-state index in [0.717, 1.165) is 52.6 Å². The van der Waals surface area contributed by atoms with Crippen LogP contribution in [0.3, 0.4) is 0 Å². The molecule has 0 aliphatic rings. The van der Waals surface area contributed by atoms with Crippen LogP contribution >= 0.6 is 11.3 Å². The number of H-pyrrole nitrogens is 1. The van der Waals surface area contributed by atoms with Gasteiger partial charge in [0, 0.05) is 32.1 Å². The minimum Gasteiger partial charge on any atom is -0.362 e. The SMILES string of the molecule is Cc1ccc2nc(CCNCCc3nc4c(NCc5ncccc5F)ncnc4s3)[nH]c2c1. The highest BCUT2D eigenvalue weighted by Crippen LogP contribution is 2.25. The topological polar surface area (TPSA) is 104 Å². The Morgan fingerprint density at radius 3 is 2.88 bits per heavy atom. The van der Waals surface area contributed by atoms with Crippen molar-refractivity contribution in [1.82, 2.24) is 35.2 Å². The van der Waals surface area contributed by atoms with E-state index in [9.17, 15) is 4.39 Å². The lowest BCUT2D eigenvalue weighted by molar-refractivity contribution is 0.602. The number of aromatic amines is 1. The zero-order chi connectivity index (χ0) is 22.6. The van der Waals surface area contributed by atoms with Gasteiger partial charge >= 0.3 is 0 Å². The van der Waals surface area contributed by atoms with Crippen LogP contribution < -0.4 is 10.6 Å². The Morgan fingerprint density at radius 2 is 1.97 bits per heavy atom. The Bertz CT molecular complexity index is 1400. The van der Waals surface area contributed by atoms with Gasteiger partial charge in [-0.1, -0.05) is 17.4 Å². The first kappa shape index (κ1) is 21.4. The summed E-state index contributed by atoms with van der Waals surface area (Å²) >= 11 is 1.54. The molecule has 8 nitrogen and oxygen atoms in total. The summed E-state index contributed by atoms with van der Waals surface area (Å²) in [6.07, 6.45) is 4.68. The molecule has 0 unspecified atom stereocenters. The first-order valence-electron chi connectivity index (χ1n) is 10.8. The number of rotatable bonds is 9. The molecule has 3 N–H and O–H groups in total. The van der Waals surface area contributed by atoms with Gasteiger partial charge in [0.15, 0.2) is 5.82 Å². The Labute approximate surface area is 193 Å². The monoisotopic (exact) mass is 462 g/mol. The summed E-state index contributed by atoms with van der Waals surface area (Å²) in [5.74, 6) is 1.22. The Balaban J connectivity index is 1.15. The predicted octanol–water partition coefficient (Wildman–Crippen LogP) is 3.79. The molecule has 0 fully saturated rings. The second-order valence-corrected chi connectivity index (χ2v) is 8.79. The zero-order valence-electron chi connectivity index (χ0n) is 18.1. The molecule has 0 spiro atoms. The molecule has 10 heteroatoms. The average Bonchev–Trinajstić information content (AvgIpc) is 3.41. The molecule has 4 aromatic heterocycles. The summed E-state index contributed by atoms with van der Waals surface area (Å²) in [6.45, 7) is 3.93. The van der Waals surface area contributed by atoms with Crippen molar-refractivity contribution in [2.24, 2.45) is 0 Å². The number of pyridine rings is 1.